The average molecular weight is 332 g/mol. The number of amides is 1. The highest BCUT2D eigenvalue weighted by molar-refractivity contribution is 5.94. The Balaban J connectivity index is 1.61. The Morgan fingerprint density at radius 1 is 1.08 bits per heavy atom. The summed E-state index contributed by atoms with van der Waals surface area (Å²) in [5, 5.41) is 6.58. The lowest BCUT2D eigenvalue weighted by atomic mass is 9.68. The molecule has 2 bridgehead atoms. The highest BCUT2D eigenvalue weighted by Gasteiger charge is 2.53. The van der Waals surface area contributed by atoms with E-state index >= 15 is 0 Å². The molecule has 5 rings (SSSR count). The van der Waals surface area contributed by atoms with Crippen molar-refractivity contribution in [3.63, 3.8) is 0 Å². The minimum atomic E-state index is 0.00712. The van der Waals surface area contributed by atoms with Crippen LogP contribution in [-0.4, -0.2) is 13.0 Å². The van der Waals surface area contributed by atoms with E-state index in [2.05, 4.69) is 53.1 Å². The number of carbonyl (C=O) groups excluding carboxylic acids is 1. The molecule has 2 aromatic carbocycles. The lowest BCUT2D eigenvalue weighted by Gasteiger charge is -2.43. The van der Waals surface area contributed by atoms with Gasteiger partial charge in [-0.15, -0.1) is 0 Å². The average Bonchev–Trinajstić information content (AvgIpc) is 3.29. The van der Waals surface area contributed by atoms with Gasteiger partial charge in [-0.1, -0.05) is 30.3 Å². The van der Waals surface area contributed by atoms with E-state index in [1.54, 1.807) is 7.05 Å². The normalized spacial score (nSPS) is 31.8. The minimum absolute atomic E-state index is 0.00712. The molecule has 0 radical (unpaired) electrons. The van der Waals surface area contributed by atoms with Crippen molar-refractivity contribution >= 4 is 11.6 Å². The first-order valence-corrected chi connectivity index (χ1v) is 9.44. The molecule has 1 amide bonds. The number of hydrogen-bond acceptors (Lipinski definition) is 2. The molecular weight excluding hydrogens is 308 g/mol. The largest absolute Gasteiger partial charge is 0.378 e. The zero-order valence-electron chi connectivity index (χ0n) is 14.5. The van der Waals surface area contributed by atoms with E-state index in [1.807, 2.05) is 6.07 Å². The Morgan fingerprint density at radius 3 is 2.68 bits per heavy atom. The van der Waals surface area contributed by atoms with E-state index in [-0.39, 0.29) is 5.91 Å². The van der Waals surface area contributed by atoms with Gasteiger partial charge in [-0.2, -0.15) is 0 Å². The van der Waals surface area contributed by atoms with Crippen LogP contribution in [0.5, 0.6) is 0 Å². The molecule has 0 spiro atoms. The van der Waals surface area contributed by atoms with Gasteiger partial charge in [0, 0.05) is 18.3 Å². The number of nitrogens with one attached hydrogen (secondary N) is 2. The highest BCUT2D eigenvalue weighted by Crippen LogP contribution is 2.63. The second-order valence-corrected chi connectivity index (χ2v) is 7.85. The molecule has 3 heteroatoms. The standard InChI is InChI=1S/C22H24N2O/c1-23-22(25)16-9-10-18-17(12-16)19-14-7-8-15(11-14)20(19)21(24-18)13-5-3-2-4-6-13/h2-6,9-10,12,14-15,19-21,24H,7-8,11H2,1H3,(H,23,25)/t14-,15-,19-,20+,21-/m0/s1. The fourth-order valence-electron chi connectivity index (χ4n) is 5.76. The Labute approximate surface area is 148 Å². The molecule has 3 nitrogen and oxygen atoms in total. The lowest BCUT2D eigenvalue weighted by molar-refractivity contribution is 0.0963. The molecule has 2 N–H and O–H groups in total. The van der Waals surface area contributed by atoms with Crippen LogP contribution in [0.15, 0.2) is 48.5 Å². The van der Waals surface area contributed by atoms with E-state index in [4.69, 9.17) is 0 Å². The summed E-state index contributed by atoms with van der Waals surface area (Å²) < 4.78 is 0. The molecule has 128 valence electrons. The van der Waals surface area contributed by atoms with Crippen molar-refractivity contribution in [1.29, 1.82) is 0 Å². The van der Waals surface area contributed by atoms with E-state index in [9.17, 15) is 4.79 Å². The van der Waals surface area contributed by atoms with Crippen molar-refractivity contribution in [2.45, 2.75) is 31.2 Å². The van der Waals surface area contributed by atoms with Crippen LogP contribution in [0.4, 0.5) is 5.69 Å². The number of anilines is 1. The van der Waals surface area contributed by atoms with Crippen LogP contribution < -0.4 is 10.6 Å². The molecule has 0 unspecified atom stereocenters. The smallest absolute Gasteiger partial charge is 0.251 e. The number of hydrogen-bond donors (Lipinski definition) is 2. The summed E-state index contributed by atoms with van der Waals surface area (Å²) >= 11 is 0. The quantitative estimate of drug-likeness (QED) is 0.859. The topological polar surface area (TPSA) is 41.1 Å². The van der Waals surface area contributed by atoms with Crippen molar-refractivity contribution < 1.29 is 4.79 Å². The fourth-order valence-corrected chi connectivity index (χ4v) is 5.76. The first kappa shape index (κ1) is 15.0. The molecule has 1 aliphatic heterocycles. The van der Waals surface area contributed by atoms with Gasteiger partial charge >= 0.3 is 0 Å². The van der Waals surface area contributed by atoms with Gasteiger partial charge in [-0.05, 0) is 72.3 Å². The Bertz CT molecular complexity index is 816. The summed E-state index contributed by atoms with van der Waals surface area (Å²) in [7, 11) is 1.70. The molecule has 0 aromatic heterocycles. The summed E-state index contributed by atoms with van der Waals surface area (Å²) in [5.74, 6) is 2.83. The predicted molar refractivity (Wildman–Crippen MR) is 99.7 cm³/mol. The molecule has 2 aromatic rings. The highest BCUT2D eigenvalue weighted by atomic mass is 16.1. The fraction of sp³-hybridized carbons (Fsp3) is 0.409. The van der Waals surface area contributed by atoms with Crippen molar-refractivity contribution in [3.05, 3.63) is 65.2 Å². The number of rotatable bonds is 2. The van der Waals surface area contributed by atoms with E-state index in [1.165, 1.54) is 36.1 Å². The van der Waals surface area contributed by atoms with Crippen LogP contribution in [0, 0.1) is 17.8 Å². The van der Waals surface area contributed by atoms with Gasteiger partial charge in [0.15, 0.2) is 0 Å². The van der Waals surface area contributed by atoms with Gasteiger partial charge in [0.25, 0.3) is 5.91 Å². The van der Waals surface area contributed by atoms with Crippen LogP contribution in [-0.2, 0) is 0 Å². The zero-order valence-corrected chi connectivity index (χ0v) is 14.5. The van der Waals surface area contributed by atoms with Crippen LogP contribution in [0.25, 0.3) is 0 Å². The molecule has 0 saturated heterocycles. The van der Waals surface area contributed by atoms with Crippen LogP contribution in [0.3, 0.4) is 0 Å². The van der Waals surface area contributed by atoms with Gasteiger partial charge in [-0.25, -0.2) is 0 Å². The summed E-state index contributed by atoms with van der Waals surface area (Å²) in [6.07, 6.45) is 4.06. The molecule has 5 atom stereocenters. The van der Waals surface area contributed by atoms with E-state index < -0.39 is 0 Å². The monoisotopic (exact) mass is 332 g/mol. The summed E-state index contributed by atoms with van der Waals surface area (Å²) in [4.78, 5) is 12.1. The molecule has 2 saturated carbocycles. The first-order valence-electron chi connectivity index (χ1n) is 9.44. The third-order valence-corrected chi connectivity index (χ3v) is 6.74. The maximum absolute atomic E-state index is 12.1. The molecule has 2 aliphatic carbocycles. The predicted octanol–water partition coefficient (Wildman–Crippen LogP) is 4.34. The third-order valence-electron chi connectivity index (χ3n) is 6.74. The first-order chi connectivity index (χ1) is 12.3. The summed E-state index contributed by atoms with van der Waals surface area (Å²) in [6.45, 7) is 0. The molecule has 3 aliphatic rings. The second-order valence-electron chi connectivity index (χ2n) is 7.85. The molecular formula is C22H24N2O. The second kappa shape index (κ2) is 5.62. The summed E-state index contributed by atoms with van der Waals surface area (Å²) in [6, 6.07) is 17.5. The Kier molecular flexibility index (Phi) is 3.37. The van der Waals surface area contributed by atoms with Crippen LogP contribution in [0.2, 0.25) is 0 Å². The van der Waals surface area contributed by atoms with Crippen LogP contribution >= 0.6 is 0 Å². The zero-order chi connectivity index (χ0) is 17.0. The maximum atomic E-state index is 12.1. The van der Waals surface area contributed by atoms with Gasteiger partial charge in [-0.3, -0.25) is 4.79 Å². The summed E-state index contributed by atoms with van der Waals surface area (Å²) in [5.41, 5.74) is 4.76. The SMILES string of the molecule is CNC(=O)c1ccc2c(c1)[C@@H]1[C@H]3CC[C@@H](C3)[C@H]1[C@H](c1ccccc1)N2. The maximum Gasteiger partial charge on any atom is 0.251 e. The molecule has 1 heterocycles. The minimum Gasteiger partial charge on any atom is -0.378 e. The van der Waals surface area contributed by atoms with E-state index in [0.29, 0.717) is 17.9 Å². The number of benzene rings is 2. The van der Waals surface area contributed by atoms with E-state index in [0.717, 1.165) is 17.4 Å². The Morgan fingerprint density at radius 2 is 1.88 bits per heavy atom. The lowest BCUT2D eigenvalue weighted by Crippen LogP contribution is -2.35. The van der Waals surface area contributed by atoms with Crippen molar-refractivity contribution in [2.75, 3.05) is 12.4 Å². The van der Waals surface area contributed by atoms with Crippen LogP contribution in [0.1, 0.15) is 52.7 Å². The molecule has 2 fully saturated rings. The van der Waals surface area contributed by atoms with Gasteiger partial charge < -0.3 is 10.6 Å². The van der Waals surface area contributed by atoms with Crippen molar-refractivity contribution in [2.24, 2.45) is 17.8 Å². The molecule has 25 heavy (non-hydrogen) atoms. The van der Waals surface area contributed by atoms with Gasteiger partial charge in [0.2, 0.25) is 0 Å². The number of carbonyl (C=O) groups is 1. The number of fused-ring (bicyclic) bond motifs is 7. The van der Waals surface area contributed by atoms with Gasteiger partial charge in [0.1, 0.15) is 0 Å². The third kappa shape index (κ3) is 2.21. The van der Waals surface area contributed by atoms with Crippen molar-refractivity contribution in [1.82, 2.24) is 5.32 Å². The van der Waals surface area contributed by atoms with Gasteiger partial charge in [0.05, 0.1) is 6.04 Å². The van der Waals surface area contributed by atoms with Crippen molar-refractivity contribution in [3.8, 4) is 0 Å². The Hall–Kier alpha value is -2.29.